The van der Waals surface area contributed by atoms with Crippen LogP contribution in [-0.2, 0) is 11.3 Å². The van der Waals surface area contributed by atoms with Gasteiger partial charge in [-0.15, -0.1) is 4.91 Å². The molecule has 24 heavy (non-hydrogen) atoms. The summed E-state index contributed by atoms with van der Waals surface area (Å²) in [5.74, 6) is 3.02. The highest BCUT2D eigenvalue weighted by atomic mass is 16.5. The van der Waals surface area contributed by atoms with Crippen molar-refractivity contribution in [2.45, 2.75) is 31.9 Å². The molecule has 1 saturated carbocycles. The molecule has 7 heteroatoms. The van der Waals surface area contributed by atoms with Crippen LogP contribution in [0.15, 0.2) is 35.6 Å². The van der Waals surface area contributed by atoms with E-state index >= 15 is 0 Å². The van der Waals surface area contributed by atoms with Gasteiger partial charge in [-0.2, -0.15) is 0 Å². The molecule has 1 aromatic heterocycles. The molecule has 1 fully saturated rings. The van der Waals surface area contributed by atoms with Crippen LogP contribution in [-0.4, -0.2) is 40.7 Å². The van der Waals surface area contributed by atoms with E-state index in [1.165, 1.54) is 12.8 Å². The van der Waals surface area contributed by atoms with Gasteiger partial charge in [-0.05, 0) is 44.3 Å². The topological polar surface area (TPSA) is 71.8 Å². The summed E-state index contributed by atoms with van der Waals surface area (Å²) >= 11 is 0. The molecule has 0 amide bonds. The van der Waals surface area contributed by atoms with Gasteiger partial charge in [-0.3, -0.25) is 9.58 Å². The lowest BCUT2D eigenvalue weighted by Gasteiger charge is -2.32. The van der Waals surface area contributed by atoms with Gasteiger partial charge in [0.15, 0.2) is 5.82 Å². The molecule has 128 valence electrons. The van der Waals surface area contributed by atoms with E-state index in [-0.39, 0.29) is 6.04 Å². The first-order valence-corrected chi connectivity index (χ1v) is 8.61. The van der Waals surface area contributed by atoms with Crippen LogP contribution >= 0.6 is 0 Å². The third-order valence-electron chi connectivity index (χ3n) is 5.17. The lowest BCUT2D eigenvalue weighted by Crippen LogP contribution is -2.38. The Morgan fingerprint density at radius 1 is 1.54 bits per heavy atom. The number of ether oxygens (including phenoxy) is 1. The molecule has 4 rings (SSSR count). The Bertz CT molecular complexity index is 676. The van der Waals surface area contributed by atoms with Gasteiger partial charge in [0.2, 0.25) is 0 Å². The van der Waals surface area contributed by atoms with Gasteiger partial charge in [-0.1, -0.05) is 6.08 Å². The number of imidazole rings is 1. The Morgan fingerprint density at radius 2 is 2.42 bits per heavy atom. The average molecular weight is 329 g/mol. The van der Waals surface area contributed by atoms with Crippen molar-refractivity contribution in [3.8, 4) is 0 Å². The second-order valence-corrected chi connectivity index (χ2v) is 6.80. The highest BCUT2D eigenvalue weighted by molar-refractivity contribution is 5.63. The summed E-state index contributed by atoms with van der Waals surface area (Å²) in [5.41, 5.74) is 1.02. The Balaban J connectivity index is 1.47. The number of hydrogen-bond acceptors (Lipinski definition) is 5. The average Bonchev–Trinajstić information content (AvgIpc) is 3.34. The van der Waals surface area contributed by atoms with Crippen LogP contribution in [0.4, 0.5) is 0 Å². The van der Waals surface area contributed by atoms with Gasteiger partial charge in [0.1, 0.15) is 12.4 Å². The van der Waals surface area contributed by atoms with E-state index in [1.54, 1.807) is 11.2 Å². The van der Waals surface area contributed by atoms with Gasteiger partial charge < -0.3 is 10.1 Å². The van der Waals surface area contributed by atoms with Crippen molar-refractivity contribution in [2.24, 2.45) is 17.1 Å². The fourth-order valence-electron chi connectivity index (χ4n) is 3.70. The van der Waals surface area contributed by atoms with Crippen LogP contribution in [0.25, 0.3) is 5.70 Å². The van der Waals surface area contributed by atoms with Crippen LogP contribution in [0.2, 0.25) is 0 Å². The van der Waals surface area contributed by atoms with Crippen molar-refractivity contribution in [3.63, 3.8) is 0 Å². The third-order valence-corrected chi connectivity index (χ3v) is 5.17. The Morgan fingerprint density at radius 3 is 3.17 bits per heavy atom. The first-order valence-electron chi connectivity index (χ1n) is 8.61. The molecule has 1 aliphatic heterocycles. The van der Waals surface area contributed by atoms with Crippen molar-refractivity contribution in [1.82, 2.24) is 19.9 Å². The molecule has 0 bridgehead atoms. The highest BCUT2D eigenvalue weighted by Crippen LogP contribution is 2.38. The normalized spacial score (nSPS) is 23.3. The number of nitrogens with zero attached hydrogens (tertiary/aromatic N) is 4. The van der Waals surface area contributed by atoms with E-state index in [4.69, 9.17) is 4.74 Å². The fraction of sp³-hybridized carbons (Fsp3) is 0.588. The van der Waals surface area contributed by atoms with Gasteiger partial charge in [0, 0.05) is 25.4 Å². The van der Waals surface area contributed by atoms with E-state index < -0.39 is 0 Å². The molecule has 1 N–H and O–H groups in total. The molecule has 1 aromatic rings. The lowest BCUT2D eigenvalue weighted by molar-refractivity contribution is 0.134. The molecule has 2 heterocycles. The summed E-state index contributed by atoms with van der Waals surface area (Å²) in [6.07, 6.45) is 11.0. The minimum Gasteiger partial charge on any atom is -0.488 e. The van der Waals surface area contributed by atoms with Gasteiger partial charge in [0.25, 0.3) is 0 Å². The van der Waals surface area contributed by atoms with Crippen molar-refractivity contribution in [3.05, 3.63) is 41.0 Å². The molecule has 2 unspecified atom stereocenters. The van der Waals surface area contributed by atoms with Gasteiger partial charge in [0.05, 0.1) is 17.0 Å². The third kappa shape index (κ3) is 2.84. The summed E-state index contributed by atoms with van der Waals surface area (Å²) in [5, 5.41) is 8.25. The van der Waals surface area contributed by atoms with Crippen LogP contribution in [0, 0.1) is 16.7 Å². The highest BCUT2D eigenvalue weighted by Gasteiger charge is 2.34. The molecule has 0 aromatic carbocycles. The van der Waals surface area contributed by atoms with Crippen LogP contribution in [0.5, 0.6) is 0 Å². The van der Waals surface area contributed by atoms with Crippen molar-refractivity contribution in [1.29, 1.82) is 0 Å². The standard InChI is InChI=1S/C17H23N5O2/c1-18-9-13(12-2-3-12)10-22(20-23)14-4-5-15-16(8-14)24-11-17-19-6-7-21(15)17/h4-7,12-14,18H,2-3,8-11H2,1H3. The Labute approximate surface area is 141 Å². The lowest BCUT2D eigenvalue weighted by atomic mass is 9.99. The maximum atomic E-state index is 11.5. The van der Waals surface area contributed by atoms with Crippen LogP contribution in [0.1, 0.15) is 25.1 Å². The fourth-order valence-corrected chi connectivity index (χ4v) is 3.70. The number of hydrogen-bond donors (Lipinski definition) is 1. The molecular weight excluding hydrogens is 306 g/mol. The number of fused-ring (bicyclic) bond motifs is 2. The molecule has 2 atom stereocenters. The van der Waals surface area contributed by atoms with E-state index in [2.05, 4.69) is 26.2 Å². The zero-order valence-corrected chi connectivity index (χ0v) is 13.9. The molecular formula is C17H23N5O2. The summed E-state index contributed by atoms with van der Waals surface area (Å²) in [4.78, 5) is 15.7. The van der Waals surface area contributed by atoms with Crippen LogP contribution < -0.4 is 5.32 Å². The molecule has 0 spiro atoms. The second kappa shape index (κ2) is 6.39. The quantitative estimate of drug-likeness (QED) is 0.613. The maximum Gasteiger partial charge on any atom is 0.151 e. The minimum absolute atomic E-state index is 0.0376. The molecule has 2 aliphatic carbocycles. The minimum atomic E-state index is -0.0376. The van der Waals surface area contributed by atoms with Crippen molar-refractivity contribution >= 4 is 5.70 Å². The van der Waals surface area contributed by atoms with Crippen molar-refractivity contribution < 1.29 is 4.74 Å². The van der Waals surface area contributed by atoms with E-state index in [0.717, 1.165) is 29.7 Å². The summed E-state index contributed by atoms with van der Waals surface area (Å²) in [6, 6.07) is -0.0376. The van der Waals surface area contributed by atoms with Crippen molar-refractivity contribution in [2.75, 3.05) is 20.1 Å². The Hall–Kier alpha value is -2.15. The largest absolute Gasteiger partial charge is 0.488 e. The monoisotopic (exact) mass is 329 g/mol. The van der Waals surface area contributed by atoms with Gasteiger partial charge >= 0.3 is 0 Å². The number of allylic oxidation sites excluding steroid dienone is 2. The molecule has 7 nitrogen and oxygen atoms in total. The first kappa shape index (κ1) is 15.4. The number of nitroso groups, excluding NO2 is 1. The molecule has 0 radical (unpaired) electrons. The second-order valence-electron chi connectivity index (χ2n) is 6.80. The number of rotatable bonds is 7. The molecule has 0 saturated heterocycles. The zero-order valence-electron chi connectivity index (χ0n) is 13.9. The van der Waals surface area contributed by atoms with Gasteiger partial charge in [-0.25, -0.2) is 4.98 Å². The first-order chi connectivity index (χ1) is 11.8. The van der Waals surface area contributed by atoms with E-state index in [1.807, 2.05) is 19.3 Å². The smallest absolute Gasteiger partial charge is 0.151 e. The summed E-state index contributed by atoms with van der Waals surface area (Å²) in [7, 11) is 1.96. The molecule has 3 aliphatic rings. The van der Waals surface area contributed by atoms with E-state index in [9.17, 15) is 4.91 Å². The Kier molecular flexibility index (Phi) is 4.10. The SMILES string of the molecule is CNCC(CN(N=O)C1C=CC2=C(C1)OCc1nccn12)C1CC1. The van der Waals surface area contributed by atoms with Crippen LogP contribution in [0.3, 0.4) is 0 Å². The number of aromatic nitrogens is 2. The summed E-state index contributed by atoms with van der Waals surface area (Å²) in [6.45, 7) is 2.10. The summed E-state index contributed by atoms with van der Waals surface area (Å²) < 4.78 is 7.92. The predicted octanol–water partition coefficient (Wildman–Crippen LogP) is 2.14. The maximum absolute atomic E-state index is 11.5. The predicted molar refractivity (Wildman–Crippen MR) is 90.4 cm³/mol. The zero-order chi connectivity index (χ0) is 16.5. The number of nitrogens with one attached hydrogen (secondary N) is 1. The van der Waals surface area contributed by atoms with E-state index in [0.29, 0.717) is 25.5 Å².